The summed E-state index contributed by atoms with van der Waals surface area (Å²) in [5, 5.41) is 6.29. The van der Waals surface area contributed by atoms with Crippen molar-refractivity contribution in [3.05, 3.63) is 82.1 Å². The molecular formula is C19H13ClF5N3O. The van der Waals surface area contributed by atoms with Crippen molar-refractivity contribution in [2.75, 3.05) is 0 Å². The van der Waals surface area contributed by atoms with Gasteiger partial charge in [-0.05, 0) is 37.3 Å². The number of alkyl halides is 3. The number of hydrogen-bond acceptors (Lipinski definition) is 2. The zero-order valence-corrected chi connectivity index (χ0v) is 15.5. The van der Waals surface area contributed by atoms with Crippen LogP contribution in [0.4, 0.5) is 22.0 Å². The molecule has 1 atom stereocenters. The molecule has 0 bridgehead atoms. The molecule has 1 amide bonds. The Morgan fingerprint density at radius 1 is 1.14 bits per heavy atom. The lowest BCUT2D eigenvalue weighted by atomic mass is 10.1. The van der Waals surface area contributed by atoms with E-state index in [4.69, 9.17) is 11.6 Å². The van der Waals surface area contributed by atoms with Gasteiger partial charge in [0, 0.05) is 16.7 Å². The van der Waals surface area contributed by atoms with E-state index in [2.05, 4.69) is 10.4 Å². The quantitative estimate of drug-likeness (QED) is 0.571. The molecule has 3 rings (SSSR count). The van der Waals surface area contributed by atoms with Crippen LogP contribution in [0.1, 0.15) is 34.6 Å². The van der Waals surface area contributed by atoms with Crippen molar-refractivity contribution < 1.29 is 26.7 Å². The molecule has 3 aromatic rings. The summed E-state index contributed by atoms with van der Waals surface area (Å²) < 4.78 is 68.5. The maximum Gasteiger partial charge on any atom is 0.434 e. The van der Waals surface area contributed by atoms with Crippen LogP contribution in [-0.4, -0.2) is 15.7 Å². The predicted molar refractivity (Wildman–Crippen MR) is 95.8 cm³/mol. The number of nitrogens with one attached hydrogen (secondary N) is 1. The Balaban J connectivity index is 1.95. The van der Waals surface area contributed by atoms with E-state index in [0.29, 0.717) is 15.8 Å². The Labute approximate surface area is 166 Å². The zero-order chi connectivity index (χ0) is 21.3. The van der Waals surface area contributed by atoms with Gasteiger partial charge in [0.25, 0.3) is 5.91 Å². The summed E-state index contributed by atoms with van der Waals surface area (Å²) in [5.41, 5.74) is -2.04. The summed E-state index contributed by atoms with van der Waals surface area (Å²) in [7, 11) is 0. The number of amides is 1. The van der Waals surface area contributed by atoms with E-state index in [1.54, 1.807) is 0 Å². The van der Waals surface area contributed by atoms with Crippen LogP contribution < -0.4 is 5.32 Å². The van der Waals surface area contributed by atoms with Crippen LogP contribution in [0, 0.1) is 11.6 Å². The number of carbonyl (C=O) groups excluding carboxylic acids is 1. The monoisotopic (exact) mass is 429 g/mol. The molecule has 0 saturated carbocycles. The van der Waals surface area contributed by atoms with Crippen molar-refractivity contribution in [3.63, 3.8) is 0 Å². The van der Waals surface area contributed by atoms with Crippen LogP contribution in [0.15, 0.2) is 48.7 Å². The van der Waals surface area contributed by atoms with Crippen LogP contribution in [0.3, 0.4) is 0 Å². The third kappa shape index (κ3) is 4.40. The summed E-state index contributed by atoms with van der Waals surface area (Å²) in [6.45, 7) is 1.37. The molecule has 29 heavy (non-hydrogen) atoms. The number of hydrogen-bond donors (Lipinski definition) is 1. The molecule has 10 heteroatoms. The predicted octanol–water partition coefficient (Wildman–Crippen LogP) is 5.31. The lowest BCUT2D eigenvalue weighted by Crippen LogP contribution is -2.29. The van der Waals surface area contributed by atoms with Crippen molar-refractivity contribution in [3.8, 4) is 5.69 Å². The van der Waals surface area contributed by atoms with Crippen molar-refractivity contribution in [2.45, 2.75) is 19.1 Å². The van der Waals surface area contributed by atoms with E-state index in [1.807, 2.05) is 0 Å². The average Bonchev–Trinajstić information content (AvgIpc) is 3.07. The minimum atomic E-state index is -4.90. The first-order valence-corrected chi connectivity index (χ1v) is 8.62. The molecule has 1 heterocycles. The molecule has 152 valence electrons. The molecule has 0 aliphatic rings. The third-order valence-electron chi connectivity index (χ3n) is 4.13. The minimum absolute atomic E-state index is 0.0541. The summed E-state index contributed by atoms with van der Waals surface area (Å²) in [4.78, 5) is 12.5. The van der Waals surface area contributed by atoms with E-state index in [1.165, 1.54) is 31.2 Å². The smallest absolute Gasteiger partial charge is 0.345 e. The van der Waals surface area contributed by atoms with E-state index in [-0.39, 0.29) is 11.3 Å². The molecule has 0 aliphatic heterocycles. The first kappa shape index (κ1) is 20.8. The highest BCUT2D eigenvalue weighted by Gasteiger charge is 2.40. The average molecular weight is 430 g/mol. The standard InChI is InChI=1S/C19H13ClF5N3O/c1-10(14-7-4-12(21)8-16(14)22)27-18(29)15-9-26-28(17(15)19(23,24)25)13-5-2-11(20)3-6-13/h2-10H,1H3,(H,27,29). The molecule has 1 unspecified atom stereocenters. The van der Waals surface area contributed by atoms with E-state index >= 15 is 0 Å². The van der Waals surface area contributed by atoms with Gasteiger partial charge in [0.1, 0.15) is 11.6 Å². The van der Waals surface area contributed by atoms with Crippen LogP contribution in [0.25, 0.3) is 5.69 Å². The normalized spacial score (nSPS) is 12.7. The fourth-order valence-electron chi connectivity index (χ4n) is 2.77. The summed E-state index contributed by atoms with van der Waals surface area (Å²) in [6, 6.07) is 7.13. The maximum absolute atomic E-state index is 13.9. The lowest BCUT2D eigenvalue weighted by Gasteiger charge is -2.16. The SMILES string of the molecule is CC(NC(=O)c1cnn(-c2ccc(Cl)cc2)c1C(F)(F)F)c1ccc(F)cc1F. The Kier molecular flexibility index (Phi) is 5.61. The van der Waals surface area contributed by atoms with E-state index < -0.39 is 41.0 Å². The first-order valence-electron chi connectivity index (χ1n) is 8.25. The minimum Gasteiger partial charge on any atom is -0.345 e. The molecule has 0 saturated heterocycles. The Morgan fingerprint density at radius 2 is 1.79 bits per heavy atom. The Bertz CT molecular complexity index is 1050. The Hall–Kier alpha value is -2.94. The summed E-state index contributed by atoms with van der Waals surface area (Å²) in [5.74, 6) is -2.84. The van der Waals surface area contributed by atoms with Crippen LogP contribution in [-0.2, 0) is 6.18 Å². The van der Waals surface area contributed by atoms with Gasteiger partial charge in [0.15, 0.2) is 5.69 Å². The van der Waals surface area contributed by atoms with E-state index in [9.17, 15) is 26.7 Å². The lowest BCUT2D eigenvalue weighted by molar-refractivity contribution is -0.143. The van der Waals surface area contributed by atoms with Gasteiger partial charge in [0.2, 0.25) is 0 Å². The van der Waals surface area contributed by atoms with Crippen molar-refractivity contribution in [1.29, 1.82) is 0 Å². The second-order valence-electron chi connectivity index (χ2n) is 6.15. The molecule has 2 aromatic carbocycles. The van der Waals surface area contributed by atoms with Gasteiger partial charge in [-0.15, -0.1) is 0 Å². The van der Waals surface area contributed by atoms with Gasteiger partial charge in [-0.25, -0.2) is 13.5 Å². The van der Waals surface area contributed by atoms with Crippen molar-refractivity contribution >= 4 is 17.5 Å². The van der Waals surface area contributed by atoms with Gasteiger partial charge in [-0.1, -0.05) is 17.7 Å². The molecule has 0 fully saturated rings. The highest BCUT2D eigenvalue weighted by atomic mass is 35.5. The molecule has 0 aliphatic carbocycles. The number of aromatic nitrogens is 2. The summed E-state index contributed by atoms with van der Waals surface area (Å²) >= 11 is 5.75. The second-order valence-corrected chi connectivity index (χ2v) is 6.59. The number of rotatable bonds is 4. The fraction of sp³-hybridized carbons (Fsp3) is 0.158. The van der Waals surface area contributed by atoms with Gasteiger partial charge in [0.05, 0.1) is 23.5 Å². The first-order chi connectivity index (χ1) is 13.6. The van der Waals surface area contributed by atoms with Gasteiger partial charge >= 0.3 is 6.18 Å². The Morgan fingerprint density at radius 3 is 2.38 bits per heavy atom. The molecule has 0 spiro atoms. The molecule has 1 N–H and O–H groups in total. The largest absolute Gasteiger partial charge is 0.434 e. The van der Waals surface area contributed by atoms with E-state index in [0.717, 1.165) is 18.3 Å². The van der Waals surface area contributed by atoms with Gasteiger partial charge in [-0.2, -0.15) is 18.3 Å². The van der Waals surface area contributed by atoms with Gasteiger partial charge < -0.3 is 5.32 Å². The highest BCUT2D eigenvalue weighted by Crippen LogP contribution is 2.34. The topological polar surface area (TPSA) is 46.9 Å². The molecular weight excluding hydrogens is 417 g/mol. The third-order valence-corrected chi connectivity index (χ3v) is 4.38. The number of nitrogens with zero attached hydrogens (tertiary/aromatic N) is 2. The molecule has 1 aromatic heterocycles. The molecule has 4 nitrogen and oxygen atoms in total. The van der Waals surface area contributed by atoms with Crippen LogP contribution in [0.2, 0.25) is 5.02 Å². The number of benzene rings is 2. The zero-order valence-electron chi connectivity index (χ0n) is 14.8. The highest BCUT2D eigenvalue weighted by molar-refractivity contribution is 6.30. The van der Waals surface area contributed by atoms with Crippen LogP contribution in [0.5, 0.6) is 0 Å². The second kappa shape index (κ2) is 7.82. The van der Waals surface area contributed by atoms with Crippen LogP contribution >= 0.6 is 11.6 Å². The summed E-state index contributed by atoms with van der Waals surface area (Å²) in [6.07, 6.45) is -4.12. The fourth-order valence-corrected chi connectivity index (χ4v) is 2.90. The van der Waals surface area contributed by atoms with Crippen molar-refractivity contribution in [2.24, 2.45) is 0 Å². The molecule has 0 radical (unpaired) electrons. The maximum atomic E-state index is 13.9. The van der Waals surface area contributed by atoms with Gasteiger partial charge in [-0.3, -0.25) is 4.79 Å². The van der Waals surface area contributed by atoms with Crippen molar-refractivity contribution in [1.82, 2.24) is 15.1 Å². The number of halogens is 6. The number of carbonyl (C=O) groups is 1.